The van der Waals surface area contributed by atoms with E-state index >= 15 is 0 Å². The topological polar surface area (TPSA) is 47.0 Å². The molecule has 1 aliphatic heterocycles. The molecule has 1 unspecified atom stereocenters. The maximum absolute atomic E-state index is 5.76. The highest BCUT2D eigenvalue weighted by Gasteiger charge is 2.28. The van der Waals surface area contributed by atoms with E-state index in [1.165, 1.54) is 18.4 Å². The first-order valence-electron chi connectivity index (χ1n) is 7.59. The quantitative estimate of drug-likeness (QED) is 0.935. The van der Waals surface area contributed by atoms with E-state index in [1.807, 2.05) is 25.1 Å². The van der Waals surface area contributed by atoms with Crippen LogP contribution in [0.25, 0.3) is 0 Å². The van der Waals surface area contributed by atoms with E-state index in [0.717, 1.165) is 29.5 Å². The van der Waals surface area contributed by atoms with Gasteiger partial charge in [-0.1, -0.05) is 18.2 Å². The monoisotopic (exact) mass is 281 g/mol. The van der Waals surface area contributed by atoms with Crippen LogP contribution in [-0.4, -0.2) is 22.6 Å². The highest BCUT2D eigenvalue weighted by atomic mass is 16.5. The number of ether oxygens (including phenoxy) is 1. The van der Waals surface area contributed by atoms with Crippen LogP contribution in [0.5, 0.6) is 5.75 Å². The number of rotatable bonds is 4. The van der Waals surface area contributed by atoms with Gasteiger partial charge in [0.15, 0.2) is 0 Å². The van der Waals surface area contributed by atoms with Gasteiger partial charge in [0, 0.05) is 23.8 Å². The molecular formula is C17H19N3O. The molecule has 0 bridgehead atoms. The van der Waals surface area contributed by atoms with Crippen molar-refractivity contribution in [1.29, 1.82) is 0 Å². The maximum Gasteiger partial charge on any atom is 0.139 e. The molecule has 2 aromatic rings. The normalized spacial score (nSPS) is 20.1. The van der Waals surface area contributed by atoms with Crippen molar-refractivity contribution in [2.45, 2.75) is 38.3 Å². The van der Waals surface area contributed by atoms with Crippen LogP contribution in [0.15, 0.2) is 30.3 Å². The molecule has 2 heterocycles. The second kappa shape index (κ2) is 5.11. The Hall–Kier alpha value is -1.94. The number of hydrogen-bond donors (Lipinski definition) is 1. The number of benzene rings is 1. The van der Waals surface area contributed by atoms with Crippen LogP contribution in [0.4, 0.5) is 0 Å². The Morgan fingerprint density at radius 1 is 1.24 bits per heavy atom. The molecular weight excluding hydrogens is 262 g/mol. The van der Waals surface area contributed by atoms with E-state index in [4.69, 9.17) is 9.72 Å². The predicted octanol–water partition coefficient (Wildman–Crippen LogP) is 2.56. The fourth-order valence-electron chi connectivity index (χ4n) is 2.82. The van der Waals surface area contributed by atoms with Gasteiger partial charge in [0.25, 0.3) is 0 Å². The Labute approximate surface area is 124 Å². The fraction of sp³-hybridized carbons (Fsp3) is 0.412. The summed E-state index contributed by atoms with van der Waals surface area (Å²) in [5, 5.41) is 3.52. The average molecular weight is 281 g/mol. The molecule has 0 spiro atoms. The SMILES string of the molecule is Cc1cc(CNC2CC2)nc(C2COc3ccccc32)n1. The standard InChI is InChI=1S/C17H19N3O/c1-11-8-13(9-18-12-6-7-12)20-17(19-11)15-10-21-16-5-3-2-4-14(15)16/h2-5,8,12,15,18H,6-7,9-10H2,1H3. The van der Waals surface area contributed by atoms with Crippen LogP contribution in [-0.2, 0) is 6.54 Å². The first kappa shape index (κ1) is 12.8. The number of nitrogens with zero attached hydrogens (tertiary/aromatic N) is 2. The van der Waals surface area contributed by atoms with E-state index in [2.05, 4.69) is 22.4 Å². The van der Waals surface area contributed by atoms with Gasteiger partial charge in [0.05, 0.1) is 11.6 Å². The Kier molecular flexibility index (Phi) is 3.11. The molecule has 1 atom stereocenters. The summed E-state index contributed by atoms with van der Waals surface area (Å²) in [6, 6.07) is 10.9. The molecule has 0 saturated heterocycles. The summed E-state index contributed by atoms with van der Waals surface area (Å²) in [5.74, 6) is 2.00. The lowest BCUT2D eigenvalue weighted by molar-refractivity contribution is 0.339. The first-order valence-corrected chi connectivity index (χ1v) is 7.59. The molecule has 4 nitrogen and oxygen atoms in total. The van der Waals surface area contributed by atoms with Crippen LogP contribution in [0.2, 0.25) is 0 Å². The van der Waals surface area contributed by atoms with E-state index in [1.54, 1.807) is 0 Å². The summed E-state index contributed by atoms with van der Waals surface area (Å²) in [5.41, 5.74) is 3.30. The Morgan fingerprint density at radius 3 is 2.95 bits per heavy atom. The van der Waals surface area contributed by atoms with E-state index < -0.39 is 0 Å². The van der Waals surface area contributed by atoms with E-state index in [-0.39, 0.29) is 5.92 Å². The number of fused-ring (bicyclic) bond motifs is 1. The van der Waals surface area contributed by atoms with Crippen LogP contribution in [0, 0.1) is 6.92 Å². The summed E-state index contributed by atoms with van der Waals surface area (Å²) in [6.45, 7) is 3.50. The smallest absolute Gasteiger partial charge is 0.139 e. The molecule has 0 radical (unpaired) electrons. The zero-order valence-corrected chi connectivity index (χ0v) is 12.2. The number of nitrogens with one attached hydrogen (secondary N) is 1. The third-order valence-electron chi connectivity index (χ3n) is 4.09. The molecule has 4 rings (SSSR count). The molecule has 4 heteroatoms. The van der Waals surface area contributed by atoms with Crippen LogP contribution < -0.4 is 10.1 Å². The van der Waals surface area contributed by atoms with Crippen molar-refractivity contribution >= 4 is 0 Å². The van der Waals surface area contributed by atoms with Crippen molar-refractivity contribution in [3.63, 3.8) is 0 Å². The van der Waals surface area contributed by atoms with Gasteiger partial charge in [-0.2, -0.15) is 0 Å². The van der Waals surface area contributed by atoms with Gasteiger partial charge in [-0.25, -0.2) is 9.97 Å². The zero-order valence-electron chi connectivity index (χ0n) is 12.2. The lowest BCUT2D eigenvalue weighted by atomic mass is 10.0. The summed E-state index contributed by atoms with van der Waals surface area (Å²) in [7, 11) is 0. The van der Waals surface area contributed by atoms with Gasteiger partial charge in [-0.3, -0.25) is 0 Å². The Balaban J connectivity index is 1.62. The third kappa shape index (κ3) is 2.63. The molecule has 2 aliphatic rings. The minimum Gasteiger partial charge on any atom is -0.492 e. The number of para-hydroxylation sites is 1. The lowest BCUT2D eigenvalue weighted by Gasteiger charge is -2.11. The summed E-state index contributed by atoms with van der Waals surface area (Å²) < 4.78 is 5.76. The van der Waals surface area contributed by atoms with E-state index in [9.17, 15) is 0 Å². The second-order valence-corrected chi connectivity index (χ2v) is 5.92. The van der Waals surface area contributed by atoms with Gasteiger partial charge in [0.1, 0.15) is 18.2 Å². The van der Waals surface area contributed by atoms with Crippen molar-refractivity contribution in [3.05, 3.63) is 53.1 Å². The third-order valence-corrected chi connectivity index (χ3v) is 4.09. The van der Waals surface area contributed by atoms with Crippen LogP contribution in [0.1, 0.15) is 41.5 Å². The number of aromatic nitrogens is 2. The minimum atomic E-state index is 0.153. The minimum absolute atomic E-state index is 0.153. The molecule has 1 saturated carbocycles. The molecule has 0 amide bonds. The number of aryl methyl sites for hydroxylation is 1. The second-order valence-electron chi connectivity index (χ2n) is 5.92. The average Bonchev–Trinajstić information content (AvgIpc) is 3.22. The van der Waals surface area contributed by atoms with Crippen molar-refractivity contribution < 1.29 is 4.74 Å². The molecule has 1 N–H and O–H groups in total. The molecule has 1 fully saturated rings. The molecule has 1 aromatic heterocycles. The molecule has 21 heavy (non-hydrogen) atoms. The Bertz CT molecular complexity index is 667. The van der Waals surface area contributed by atoms with Crippen LogP contribution >= 0.6 is 0 Å². The highest BCUT2D eigenvalue weighted by Crippen LogP contribution is 2.36. The van der Waals surface area contributed by atoms with Crippen LogP contribution in [0.3, 0.4) is 0 Å². The molecule has 1 aliphatic carbocycles. The van der Waals surface area contributed by atoms with Crippen molar-refractivity contribution in [3.8, 4) is 5.75 Å². The van der Waals surface area contributed by atoms with Gasteiger partial charge in [-0.15, -0.1) is 0 Å². The zero-order chi connectivity index (χ0) is 14.2. The first-order chi connectivity index (χ1) is 10.3. The molecule has 1 aromatic carbocycles. The highest BCUT2D eigenvalue weighted by molar-refractivity contribution is 5.42. The number of hydrogen-bond acceptors (Lipinski definition) is 4. The van der Waals surface area contributed by atoms with Crippen molar-refractivity contribution in [2.75, 3.05) is 6.61 Å². The van der Waals surface area contributed by atoms with Gasteiger partial charge in [0.2, 0.25) is 0 Å². The summed E-state index contributed by atoms with van der Waals surface area (Å²) in [4.78, 5) is 9.40. The van der Waals surface area contributed by atoms with E-state index in [0.29, 0.717) is 12.6 Å². The molecule has 108 valence electrons. The summed E-state index contributed by atoms with van der Waals surface area (Å²) >= 11 is 0. The predicted molar refractivity (Wildman–Crippen MR) is 80.4 cm³/mol. The van der Waals surface area contributed by atoms with Gasteiger partial charge in [-0.05, 0) is 31.9 Å². The summed E-state index contributed by atoms with van der Waals surface area (Å²) in [6.07, 6.45) is 2.58. The van der Waals surface area contributed by atoms with Crippen molar-refractivity contribution in [1.82, 2.24) is 15.3 Å². The lowest BCUT2D eigenvalue weighted by Crippen LogP contribution is -2.18. The maximum atomic E-state index is 5.76. The Morgan fingerprint density at radius 2 is 2.10 bits per heavy atom. The van der Waals surface area contributed by atoms with Crippen molar-refractivity contribution in [2.24, 2.45) is 0 Å². The largest absolute Gasteiger partial charge is 0.492 e. The fourth-order valence-corrected chi connectivity index (χ4v) is 2.82. The van der Waals surface area contributed by atoms with Gasteiger partial charge < -0.3 is 10.1 Å². The van der Waals surface area contributed by atoms with Gasteiger partial charge >= 0.3 is 0 Å².